The van der Waals surface area contributed by atoms with Crippen LogP contribution in [-0.2, 0) is 20.2 Å². The van der Waals surface area contributed by atoms with Crippen molar-refractivity contribution in [1.29, 1.82) is 0 Å². The third-order valence-electron chi connectivity index (χ3n) is 3.82. The van der Waals surface area contributed by atoms with Crippen LogP contribution in [0.15, 0.2) is 62.5 Å². The molecule has 0 fully saturated rings. The zero-order valence-electron chi connectivity index (χ0n) is 14.1. The van der Waals surface area contributed by atoms with Crippen LogP contribution in [0.25, 0.3) is 10.8 Å². The Labute approximate surface area is 169 Å². The van der Waals surface area contributed by atoms with Gasteiger partial charge in [0.05, 0.1) is 5.02 Å². The van der Waals surface area contributed by atoms with Crippen LogP contribution in [-0.4, -0.2) is 36.2 Å². The molecule has 3 aromatic carbocycles. The van der Waals surface area contributed by atoms with E-state index in [4.69, 9.17) is 16.2 Å². The molecule has 10 nitrogen and oxygen atoms in total. The Bertz CT molecular complexity index is 1390. The highest BCUT2D eigenvalue weighted by Crippen LogP contribution is 2.40. The Kier molecular flexibility index (Phi) is 5.23. The fourth-order valence-electron chi connectivity index (χ4n) is 2.52. The molecule has 0 saturated carbocycles. The predicted molar refractivity (Wildman–Crippen MR) is 103 cm³/mol. The molecule has 0 atom stereocenters. The third-order valence-corrected chi connectivity index (χ3v) is 6.05. The second-order valence-corrected chi connectivity index (χ2v) is 8.89. The number of nitrogens with zero attached hydrogens (tertiary/aromatic N) is 2. The van der Waals surface area contributed by atoms with Gasteiger partial charge in [-0.2, -0.15) is 16.8 Å². The molecule has 0 aromatic heterocycles. The van der Waals surface area contributed by atoms with Gasteiger partial charge >= 0.3 is 0 Å². The molecule has 13 heteroatoms. The van der Waals surface area contributed by atoms with Gasteiger partial charge in [-0.25, -0.2) is 0 Å². The molecule has 3 aromatic rings. The molecule has 29 heavy (non-hydrogen) atoms. The summed E-state index contributed by atoms with van der Waals surface area (Å²) in [7, 11) is -9.18. The second-order valence-electron chi connectivity index (χ2n) is 5.71. The Hall–Kier alpha value is -2.77. The van der Waals surface area contributed by atoms with Gasteiger partial charge < -0.3 is 10.2 Å². The Morgan fingerprint density at radius 3 is 2.00 bits per heavy atom. The van der Waals surface area contributed by atoms with Gasteiger partial charge in [-0.1, -0.05) is 29.8 Å². The zero-order chi connectivity index (χ0) is 21.6. The van der Waals surface area contributed by atoms with E-state index in [0.29, 0.717) is 6.07 Å². The minimum atomic E-state index is -4.66. The minimum Gasteiger partial charge on any atom is -0.506 e. The summed E-state index contributed by atoms with van der Waals surface area (Å²) in [5.74, 6) is -1.10. The molecular formula is C16H11ClN2O8S2. The van der Waals surface area contributed by atoms with Crippen LogP contribution in [0.5, 0.6) is 11.5 Å². The highest BCUT2D eigenvalue weighted by molar-refractivity contribution is 7.86. The molecule has 0 amide bonds. The van der Waals surface area contributed by atoms with Crippen LogP contribution < -0.4 is 0 Å². The van der Waals surface area contributed by atoms with E-state index in [9.17, 15) is 31.6 Å². The zero-order valence-corrected chi connectivity index (χ0v) is 16.4. The number of hydrogen-bond acceptors (Lipinski definition) is 8. The third kappa shape index (κ3) is 4.16. The maximum absolute atomic E-state index is 11.5. The van der Waals surface area contributed by atoms with Gasteiger partial charge in [0, 0.05) is 16.8 Å². The number of aromatic hydroxyl groups is 2. The molecule has 0 aliphatic rings. The molecule has 0 aliphatic heterocycles. The van der Waals surface area contributed by atoms with Crippen molar-refractivity contribution in [3.05, 3.63) is 47.5 Å². The van der Waals surface area contributed by atoms with Crippen molar-refractivity contribution < 1.29 is 36.2 Å². The summed E-state index contributed by atoms with van der Waals surface area (Å²) in [5.41, 5.74) is -0.368. The fourth-order valence-corrected chi connectivity index (χ4v) is 4.25. The molecule has 4 N–H and O–H groups in total. The van der Waals surface area contributed by atoms with E-state index < -0.39 is 46.5 Å². The summed E-state index contributed by atoms with van der Waals surface area (Å²) in [4.78, 5) is -1.12. The van der Waals surface area contributed by atoms with Gasteiger partial charge in [-0.15, -0.1) is 10.2 Å². The van der Waals surface area contributed by atoms with E-state index >= 15 is 0 Å². The van der Waals surface area contributed by atoms with Crippen LogP contribution >= 0.6 is 11.6 Å². The summed E-state index contributed by atoms with van der Waals surface area (Å²) in [6.07, 6.45) is 0. The van der Waals surface area contributed by atoms with Gasteiger partial charge in [0.15, 0.2) is 5.75 Å². The first-order valence-electron chi connectivity index (χ1n) is 7.53. The molecule has 0 aliphatic carbocycles. The van der Waals surface area contributed by atoms with Crippen molar-refractivity contribution in [2.24, 2.45) is 10.2 Å². The maximum atomic E-state index is 11.5. The van der Waals surface area contributed by atoms with E-state index in [1.165, 1.54) is 24.3 Å². The number of fused-ring (bicyclic) bond motifs is 1. The molecule has 0 bridgehead atoms. The minimum absolute atomic E-state index is 0.0508. The molecule has 0 spiro atoms. The van der Waals surface area contributed by atoms with E-state index in [1.54, 1.807) is 0 Å². The summed E-state index contributed by atoms with van der Waals surface area (Å²) in [6.45, 7) is 0. The largest absolute Gasteiger partial charge is 0.506 e. The second kappa shape index (κ2) is 7.24. The lowest BCUT2D eigenvalue weighted by Gasteiger charge is -2.07. The molecule has 0 radical (unpaired) electrons. The van der Waals surface area contributed by atoms with Crippen molar-refractivity contribution in [3.63, 3.8) is 0 Å². The molecule has 0 heterocycles. The van der Waals surface area contributed by atoms with Crippen molar-refractivity contribution in [3.8, 4) is 11.5 Å². The van der Waals surface area contributed by atoms with Gasteiger partial charge in [0.1, 0.15) is 26.9 Å². The number of benzene rings is 3. The molecule has 0 unspecified atom stereocenters. The summed E-state index contributed by atoms with van der Waals surface area (Å²) in [6, 6.07) is 8.01. The summed E-state index contributed by atoms with van der Waals surface area (Å²) < 4.78 is 63.6. The van der Waals surface area contributed by atoms with Crippen molar-refractivity contribution in [2.45, 2.75) is 9.79 Å². The Morgan fingerprint density at radius 1 is 0.759 bits per heavy atom. The molecular weight excluding hydrogens is 448 g/mol. The van der Waals surface area contributed by atoms with E-state index in [1.807, 2.05) is 0 Å². The average Bonchev–Trinajstić information content (AvgIpc) is 2.61. The van der Waals surface area contributed by atoms with E-state index in [0.717, 1.165) is 12.1 Å². The Morgan fingerprint density at radius 2 is 1.38 bits per heavy atom. The first-order valence-corrected chi connectivity index (χ1v) is 10.8. The van der Waals surface area contributed by atoms with Crippen LogP contribution in [0.2, 0.25) is 5.02 Å². The maximum Gasteiger partial charge on any atom is 0.296 e. The molecule has 3 rings (SSSR count). The quantitative estimate of drug-likeness (QED) is 0.337. The topological polar surface area (TPSA) is 174 Å². The lowest BCUT2D eigenvalue weighted by molar-refractivity contribution is 0.467. The van der Waals surface area contributed by atoms with Crippen molar-refractivity contribution in [2.75, 3.05) is 0 Å². The van der Waals surface area contributed by atoms with Gasteiger partial charge in [0.25, 0.3) is 20.2 Å². The standard InChI is InChI=1S/C16H11ClN2O8S2/c17-10-6-12(13(20)7-15(10)29(25,26)27)19-18-11-5-4-8-9(16(11)21)2-1-3-14(8)28(22,23)24/h1-7,20-21H,(H,22,23,24)(H,25,26,27). The first kappa shape index (κ1) is 21.0. The number of phenols is 2. The van der Waals surface area contributed by atoms with Crippen LogP contribution in [0, 0.1) is 0 Å². The Balaban J connectivity index is 2.09. The van der Waals surface area contributed by atoms with E-state index in [2.05, 4.69) is 10.2 Å². The molecule has 0 saturated heterocycles. The van der Waals surface area contributed by atoms with Gasteiger partial charge in [-0.3, -0.25) is 9.11 Å². The average molecular weight is 459 g/mol. The van der Waals surface area contributed by atoms with Crippen LogP contribution in [0.3, 0.4) is 0 Å². The van der Waals surface area contributed by atoms with E-state index in [-0.39, 0.29) is 22.1 Å². The number of phenolic OH excluding ortho intramolecular Hbond substituents is 2. The predicted octanol–water partition coefficient (Wildman–Crippen LogP) is 3.81. The highest BCUT2D eigenvalue weighted by atomic mass is 35.5. The number of hydrogen-bond donors (Lipinski definition) is 4. The van der Waals surface area contributed by atoms with Crippen molar-refractivity contribution in [1.82, 2.24) is 0 Å². The van der Waals surface area contributed by atoms with Crippen LogP contribution in [0.4, 0.5) is 11.4 Å². The van der Waals surface area contributed by atoms with Crippen molar-refractivity contribution >= 4 is 54.0 Å². The normalized spacial score (nSPS) is 12.7. The van der Waals surface area contributed by atoms with Gasteiger partial charge in [-0.05, 0) is 18.2 Å². The number of azo groups is 1. The lowest BCUT2D eigenvalue weighted by Crippen LogP contribution is -1.98. The first-order chi connectivity index (χ1) is 13.4. The SMILES string of the molecule is O=S(=O)(O)c1cc(O)c(N=Nc2ccc3c(S(=O)(=O)O)cccc3c2O)cc1Cl. The fraction of sp³-hybridized carbons (Fsp3) is 0. The smallest absolute Gasteiger partial charge is 0.296 e. The monoisotopic (exact) mass is 458 g/mol. The molecule has 152 valence electrons. The number of halogens is 1. The summed E-state index contributed by atoms with van der Waals surface area (Å²) >= 11 is 5.76. The highest BCUT2D eigenvalue weighted by Gasteiger charge is 2.19. The van der Waals surface area contributed by atoms with Gasteiger partial charge in [0.2, 0.25) is 0 Å². The number of rotatable bonds is 4. The summed E-state index contributed by atoms with van der Waals surface area (Å²) in [5, 5.41) is 27.4. The van der Waals surface area contributed by atoms with Crippen LogP contribution in [0.1, 0.15) is 0 Å². The lowest BCUT2D eigenvalue weighted by atomic mass is 10.1.